The molecule has 3 fully saturated rings. The first-order valence-electron chi connectivity index (χ1n) is 9.30. The fourth-order valence-corrected chi connectivity index (χ4v) is 5.81. The van der Waals surface area contributed by atoms with E-state index < -0.39 is 30.2 Å². The number of aromatic nitrogens is 1. The van der Waals surface area contributed by atoms with Crippen molar-refractivity contribution in [2.24, 2.45) is 11.8 Å². The van der Waals surface area contributed by atoms with Crippen molar-refractivity contribution in [1.29, 1.82) is 0 Å². The molecule has 2 aromatic rings. The highest BCUT2D eigenvalue weighted by Gasteiger charge is 2.63. The zero-order chi connectivity index (χ0) is 20.4. The second kappa shape index (κ2) is 6.63. The van der Waals surface area contributed by atoms with E-state index in [1.807, 2.05) is 0 Å². The van der Waals surface area contributed by atoms with Crippen molar-refractivity contribution >= 4 is 22.9 Å². The average molecular weight is 423 g/mol. The lowest BCUT2D eigenvalue weighted by Gasteiger charge is -2.16. The molecule has 0 amide bonds. The molecule has 1 aromatic carbocycles. The van der Waals surface area contributed by atoms with E-state index in [0.717, 1.165) is 30.2 Å². The molecule has 29 heavy (non-hydrogen) atoms. The molecule has 3 aliphatic rings. The van der Waals surface area contributed by atoms with Gasteiger partial charge in [0.1, 0.15) is 22.5 Å². The maximum Gasteiger partial charge on any atom is 0.387 e. The second-order valence-electron chi connectivity index (χ2n) is 7.56. The lowest BCUT2D eigenvalue weighted by molar-refractivity contribution is -0.127. The van der Waals surface area contributed by atoms with E-state index in [1.165, 1.54) is 12.1 Å². The van der Waals surface area contributed by atoms with Crippen LogP contribution in [0.15, 0.2) is 18.2 Å². The van der Waals surface area contributed by atoms with Gasteiger partial charge in [-0.15, -0.1) is 11.3 Å². The number of benzene rings is 1. The summed E-state index contributed by atoms with van der Waals surface area (Å²) in [4.78, 5) is 31.1. The Hall–Kier alpha value is -2.26. The van der Waals surface area contributed by atoms with E-state index in [4.69, 9.17) is 4.74 Å². The predicted octanol–water partition coefficient (Wildman–Crippen LogP) is 3.89. The number of hydrogen-bond acceptors (Lipinski definition) is 6. The van der Waals surface area contributed by atoms with Crippen LogP contribution in [0.4, 0.5) is 13.2 Å². The Bertz CT molecular complexity index is 995. The number of Topliss-reactive ketones (excluding diaryl/α,β-unsaturated/α-hetero) is 2. The summed E-state index contributed by atoms with van der Waals surface area (Å²) in [5, 5.41) is 0.287. The Morgan fingerprint density at radius 3 is 2.41 bits per heavy atom. The lowest BCUT2D eigenvalue weighted by Crippen LogP contribution is -2.29. The van der Waals surface area contributed by atoms with Gasteiger partial charge in [0.2, 0.25) is 0 Å². The number of thiazole rings is 1. The maximum absolute atomic E-state index is 14.4. The van der Waals surface area contributed by atoms with Crippen LogP contribution in [-0.4, -0.2) is 35.4 Å². The summed E-state index contributed by atoms with van der Waals surface area (Å²) in [5.41, 5.74) is 0.466. The third kappa shape index (κ3) is 2.82. The Morgan fingerprint density at radius 2 is 1.83 bits per heavy atom. The van der Waals surface area contributed by atoms with Gasteiger partial charge >= 0.3 is 6.61 Å². The molecular weight excluding hydrogens is 407 g/mol. The van der Waals surface area contributed by atoms with Gasteiger partial charge in [-0.1, -0.05) is 0 Å². The molecular formula is C20H16F3NO4S. The first-order valence-corrected chi connectivity index (χ1v) is 10.1. The number of fused-ring (bicyclic) bond motifs is 5. The van der Waals surface area contributed by atoms with Crippen LogP contribution >= 0.6 is 11.3 Å². The first kappa shape index (κ1) is 18.7. The fourth-order valence-electron chi connectivity index (χ4n) is 4.83. The van der Waals surface area contributed by atoms with Crippen LogP contribution in [0, 0.1) is 24.6 Å². The van der Waals surface area contributed by atoms with E-state index in [9.17, 15) is 22.8 Å². The Balaban J connectivity index is 1.47. The van der Waals surface area contributed by atoms with Gasteiger partial charge in [-0.05, 0) is 31.9 Å². The molecule has 5 atom stereocenters. The molecule has 1 unspecified atom stereocenters. The molecule has 152 valence electrons. The van der Waals surface area contributed by atoms with Crippen LogP contribution < -0.4 is 4.74 Å². The zero-order valence-corrected chi connectivity index (χ0v) is 16.0. The predicted molar refractivity (Wildman–Crippen MR) is 96.5 cm³/mol. The van der Waals surface area contributed by atoms with Crippen molar-refractivity contribution in [2.45, 2.75) is 44.5 Å². The van der Waals surface area contributed by atoms with E-state index in [-0.39, 0.29) is 40.1 Å². The molecule has 5 rings (SSSR count). The van der Waals surface area contributed by atoms with Gasteiger partial charge in [0.05, 0.1) is 29.7 Å². The first-order chi connectivity index (χ1) is 13.8. The highest BCUT2D eigenvalue weighted by molar-refractivity contribution is 7.15. The van der Waals surface area contributed by atoms with Crippen LogP contribution in [0.5, 0.6) is 5.75 Å². The maximum atomic E-state index is 14.4. The summed E-state index contributed by atoms with van der Waals surface area (Å²) in [6.07, 6.45) is 1.20. The minimum Gasteiger partial charge on any atom is -0.435 e. The lowest BCUT2D eigenvalue weighted by atomic mass is 9.81. The highest BCUT2D eigenvalue weighted by atomic mass is 32.1. The number of ether oxygens (including phenoxy) is 2. The van der Waals surface area contributed by atoms with Gasteiger partial charge in [-0.2, -0.15) is 8.78 Å². The quantitative estimate of drug-likeness (QED) is 0.699. The van der Waals surface area contributed by atoms with Gasteiger partial charge < -0.3 is 9.47 Å². The molecule has 0 spiro atoms. The minimum atomic E-state index is -3.05. The number of ketones is 2. The molecule has 2 aliphatic heterocycles. The van der Waals surface area contributed by atoms with Gasteiger partial charge in [-0.3, -0.25) is 9.59 Å². The molecule has 0 N–H and O–H groups in total. The van der Waals surface area contributed by atoms with Gasteiger partial charge in [-0.25, -0.2) is 9.37 Å². The summed E-state index contributed by atoms with van der Waals surface area (Å²) < 4.78 is 49.0. The molecule has 0 radical (unpaired) electrons. The highest BCUT2D eigenvalue weighted by Crippen LogP contribution is 2.52. The topological polar surface area (TPSA) is 65.5 Å². The number of rotatable bonds is 4. The van der Waals surface area contributed by atoms with Crippen molar-refractivity contribution in [3.05, 3.63) is 34.6 Å². The Labute approximate surface area is 167 Å². The van der Waals surface area contributed by atoms with E-state index in [1.54, 1.807) is 6.92 Å². The van der Waals surface area contributed by atoms with Crippen molar-refractivity contribution < 1.29 is 32.2 Å². The fraction of sp³-hybridized carbons (Fsp3) is 0.450. The minimum absolute atomic E-state index is 0.104. The third-order valence-electron chi connectivity index (χ3n) is 6.00. The van der Waals surface area contributed by atoms with Gasteiger partial charge in [0.15, 0.2) is 11.6 Å². The number of halogens is 3. The summed E-state index contributed by atoms with van der Waals surface area (Å²) >= 11 is 1.16. The van der Waals surface area contributed by atoms with E-state index >= 15 is 0 Å². The largest absolute Gasteiger partial charge is 0.435 e. The molecule has 1 aromatic heterocycles. The molecule has 1 aliphatic carbocycles. The molecule has 2 bridgehead atoms. The SMILES string of the molecule is Cc1sc(-c2ccc(OC(F)F)cc2F)nc1C1C(=O)[C@@H]2[C@H](C1=O)[C@@H]1CC[C@H]2O1. The Kier molecular flexibility index (Phi) is 4.29. The summed E-state index contributed by atoms with van der Waals surface area (Å²) in [6.45, 7) is -1.31. The average Bonchev–Trinajstić information content (AvgIpc) is 3.39. The number of nitrogens with zero attached hydrogens (tertiary/aromatic N) is 1. The molecule has 9 heteroatoms. The van der Waals surface area contributed by atoms with Crippen molar-refractivity contribution in [1.82, 2.24) is 4.98 Å². The third-order valence-corrected chi connectivity index (χ3v) is 7.02. The molecule has 3 heterocycles. The molecule has 1 saturated carbocycles. The summed E-state index contributed by atoms with van der Waals surface area (Å²) in [5.74, 6) is -3.13. The monoisotopic (exact) mass is 423 g/mol. The second-order valence-corrected chi connectivity index (χ2v) is 8.76. The van der Waals surface area contributed by atoms with Crippen LogP contribution in [0.25, 0.3) is 10.6 Å². The zero-order valence-electron chi connectivity index (χ0n) is 15.2. The standard InChI is InChI=1S/C20H16F3NO4S/c1-7-16(15-17(25)13-11-4-5-12(28-11)14(13)18(15)26)24-19(29-7)9-3-2-8(6-10(9)21)27-20(22)23/h2-3,6,11-15,20H,4-5H2,1H3/t11-,12+,13+,14-,15?. The molecule has 5 nitrogen and oxygen atoms in total. The Morgan fingerprint density at radius 1 is 1.17 bits per heavy atom. The van der Waals surface area contributed by atoms with Gasteiger partial charge in [0.25, 0.3) is 0 Å². The number of carbonyl (C=O) groups excluding carboxylic acids is 2. The molecule has 2 saturated heterocycles. The van der Waals surface area contributed by atoms with Crippen LogP contribution in [0.2, 0.25) is 0 Å². The number of carbonyl (C=O) groups is 2. The van der Waals surface area contributed by atoms with Crippen molar-refractivity contribution in [2.75, 3.05) is 0 Å². The van der Waals surface area contributed by atoms with Crippen LogP contribution in [-0.2, 0) is 14.3 Å². The van der Waals surface area contributed by atoms with Crippen LogP contribution in [0.1, 0.15) is 29.3 Å². The van der Waals surface area contributed by atoms with E-state index in [2.05, 4.69) is 9.72 Å². The van der Waals surface area contributed by atoms with Crippen molar-refractivity contribution in [3.8, 4) is 16.3 Å². The number of hydrogen-bond donors (Lipinski definition) is 0. The normalized spacial score (nSPS) is 30.4. The smallest absolute Gasteiger partial charge is 0.387 e. The van der Waals surface area contributed by atoms with Crippen LogP contribution in [0.3, 0.4) is 0 Å². The number of alkyl halides is 2. The summed E-state index contributed by atoms with van der Waals surface area (Å²) in [6, 6.07) is 3.39. The van der Waals surface area contributed by atoms with Gasteiger partial charge in [0, 0.05) is 16.5 Å². The van der Waals surface area contributed by atoms with E-state index in [0.29, 0.717) is 10.6 Å². The summed E-state index contributed by atoms with van der Waals surface area (Å²) in [7, 11) is 0. The van der Waals surface area contributed by atoms with Crippen molar-refractivity contribution in [3.63, 3.8) is 0 Å². The number of aryl methyl sites for hydroxylation is 1.